The number of pyridine rings is 1. The Bertz CT molecular complexity index is 1700. The Labute approximate surface area is 259 Å². The van der Waals surface area contributed by atoms with Crippen LogP contribution in [0.2, 0.25) is 5.02 Å². The van der Waals surface area contributed by atoms with Crippen LogP contribution in [-0.2, 0) is 31.6 Å². The van der Waals surface area contributed by atoms with Gasteiger partial charge in [0.25, 0.3) is 10.1 Å². The first kappa shape index (κ1) is 31.4. The fraction of sp³-hybridized carbons (Fsp3) is 0.343. The van der Waals surface area contributed by atoms with Crippen LogP contribution in [-0.4, -0.2) is 36.6 Å². The lowest BCUT2D eigenvalue weighted by Crippen LogP contribution is -2.33. The van der Waals surface area contributed by atoms with Crippen molar-refractivity contribution in [2.24, 2.45) is 0 Å². The Morgan fingerprint density at radius 3 is 2.65 bits per heavy atom. The number of aromatic nitrogens is 1. The molecule has 0 amide bonds. The highest BCUT2D eigenvalue weighted by atomic mass is 35.5. The van der Waals surface area contributed by atoms with Crippen molar-refractivity contribution in [1.29, 1.82) is 0 Å². The molecule has 0 aliphatic carbocycles. The van der Waals surface area contributed by atoms with E-state index in [9.17, 15) is 13.0 Å². The van der Waals surface area contributed by atoms with Crippen LogP contribution in [0.3, 0.4) is 0 Å². The molecule has 2 heterocycles. The molecule has 5 rings (SSSR count). The minimum Gasteiger partial charge on any atom is -0.353 e. The molecule has 3 aromatic carbocycles. The van der Waals surface area contributed by atoms with Crippen LogP contribution in [0, 0.1) is 0 Å². The molecule has 1 aliphatic heterocycles. The van der Waals surface area contributed by atoms with Gasteiger partial charge in [-0.25, -0.2) is 4.98 Å². The van der Waals surface area contributed by atoms with E-state index in [2.05, 4.69) is 17.1 Å². The Morgan fingerprint density at radius 2 is 1.86 bits per heavy atom. The number of halogens is 1. The highest BCUT2D eigenvalue weighted by molar-refractivity contribution is 7.85. The Balaban J connectivity index is 1.35. The molecular weight excluding hydrogens is 582 g/mol. The van der Waals surface area contributed by atoms with Crippen molar-refractivity contribution in [3.05, 3.63) is 112 Å². The van der Waals surface area contributed by atoms with Crippen LogP contribution < -0.4 is 0 Å². The minimum absolute atomic E-state index is 0.234. The molecule has 8 heteroatoms. The Kier molecular flexibility index (Phi) is 9.99. The number of aryl methyl sites for hydroxylation is 1. The number of nitrogens with zero attached hydrogens (tertiary/aromatic N) is 1. The zero-order valence-electron chi connectivity index (χ0n) is 24.6. The van der Waals surface area contributed by atoms with Crippen molar-refractivity contribution in [1.82, 2.24) is 4.98 Å². The summed E-state index contributed by atoms with van der Waals surface area (Å²) in [5, 5.41) is 1.64. The van der Waals surface area contributed by atoms with Gasteiger partial charge in [0.05, 0.1) is 22.6 Å². The summed E-state index contributed by atoms with van der Waals surface area (Å²) >= 11 is 6.14. The van der Waals surface area contributed by atoms with Gasteiger partial charge in [0.15, 0.2) is 6.29 Å². The van der Waals surface area contributed by atoms with Crippen LogP contribution in [0.25, 0.3) is 23.1 Å². The molecule has 0 saturated carbocycles. The van der Waals surface area contributed by atoms with Gasteiger partial charge in [-0.1, -0.05) is 78.3 Å². The first-order valence-corrected chi connectivity index (χ1v) is 16.7. The molecule has 1 unspecified atom stereocenters. The molecular formula is C35H38ClNO5S. The van der Waals surface area contributed by atoms with Gasteiger partial charge < -0.3 is 9.47 Å². The lowest BCUT2D eigenvalue weighted by Gasteiger charge is -2.34. The number of ether oxygens (including phenoxy) is 2. The third kappa shape index (κ3) is 8.74. The van der Waals surface area contributed by atoms with Gasteiger partial charge >= 0.3 is 0 Å². The van der Waals surface area contributed by atoms with E-state index in [1.165, 1.54) is 0 Å². The third-order valence-corrected chi connectivity index (χ3v) is 8.97. The van der Waals surface area contributed by atoms with Crippen LogP contribution in [0.5, 0.6) is 0 Å². The molecule has 4 aromatic rings. The van der Waals surface area contributed by atoms with Crippen molar-refractivity contribution < 1.29 is 22.4 Å². The summed E-state index contributed by atoms with van der Waals surface area (Å²) in [6.45, 7) is 4.81. The maximum atomic E-state index is 12.1. The largest absolute Gasteiger partial charge is 0.353 e. The second-order valence-electron chi connectivity index (χ2n) is 11.6. The Hall–Kier alpha value is -3.07. The minimum atomic E-state index is -4.21. The molecule has 0 spiro atoms. The summed E-state index contributed by atoms with van der Waals surface area (Å²) in [6.07, 6.45) is 7.81. The standard InChI is InChI=1S/C35H38ClNO5S/c1-35(2,42-34-12-5-6-21-41-34)32-11-4-3-9-26(32)14-15-29(24-43(38,39)40)28-10-7-8-25(22-28)13-19-31-20-17-27-16-18-30(36)23-33(27)37-31/h3-4,7-11,13,16-20,22-23,29,34H,5-6,12,14-15,21,24H2,1-2H3,(H,38,39,40)/b19-13+/t29-,34?/m1/s1. The molecule has 1 fully saturated rings. The Morgan fingerprint density at radius 1 is 1.05 bits per heavy atom. The molecule has 1 saturated heterocycles. The predicted octanol–water partition coefficient (Wildman–Crippen LogP) is 8.44. The smallest absolute Gasteiger partial charge is 0.265 e. The molecule has 0 radical (unpaired) electrons. The highest BCUT2D eigenvalue weighted by Gasteiger charge is 2.30. The van der Waals surface area contributed by atoms with Crippen LogP contribution in [0.1, 0.15) is 73.4 Å². The van der Waals surface area contributed by atoms with Gasteiger partial charge in [0.2, 0.25) is 0 Å². The molecule has 6 nitrogen and oxygen atoms in total. The van der Waals surface area contributed by atoms with Crippen LogP contribution >= 0.6 is 11.6 Å². The topological polar surface area (TPSA) is 85.7 Å². The lowest BCUT2D eigenvalue weighted by atomic mass is 9.87. The summed E-state index contributed by atoms with van der Waals surface area (Å²) < 4.78 is 46.3. The fourth-order valence-electron chi connectivity index (χ4n) is 5.75. The second-order valence-corrected chi connectivity index (χ2v) is 13.6. The van der Waals surface area contributed by atoms with E-state index in [4.69, 9.17) is 21.1 Å². The molecule has 1 aliphatic rings. The first-order valence-electron chi connectivity index (χ1n) is 14.7. The number of fused-ring (bicyclic) bond motifs is 1. The van der Waals surface area contributed by atoms with E-state index in [-0.39, 0.29) is 12.0 Å². The zero-order valence-corrected chi connectivity index (χ0v) is 26.2. The highest BCUT2D eigenvalue weighted by Crippen LogP contribution is 2.34. The summed E-state index contributed by atoms with van der Waals surface area (Å²) in [7, 11) is -4.21. The van der Waals surface area contributed by atoms with Gasteiger partial charge in [-0.05, 0) is 92.5 Å². The first-order chi connectivity index (χ1) is 20.6. The summed E-state index contributed by atoms with van der Waals surface area (Å²) in [5.41, 5.74) is 4.92. The molecule has 226 valence electrons. The van der Waals surface area contributed by atoms with Crippen molar-refractivity contribution >= 4 is 44.8 Å². The normalized spacial score (nSPS) is 17.0. The van der Waals surface area contributed by atoms with Gasteiger partial charge in [-0.15, -0.1) is 0 Å². The monoisotopic (exact) mass is 619 g/mol. The van der Waals surface area contributed by atoms with Crippen LogP contribution in [0.15, 0.2) is 78.9 Å². The molecule has 0 bridgehead atoms. The fourth-order valence-corrected chi connectivity index (χ4v) is 6.78. The van der Waals surface area contributed by atoms with Gasteiger partial charge in [-0.3, -0.25) is 4.55 Å². The zero-order chi connectivity index (χ0) is 30.5. The number of hydrogen-bond donors (Lipinski definition) is 1. The van der Waals surface area contributed by atoms with Gasteiger partial charge in [0, 0.05) is 22.9 Å². The molecule has 1 aromatic heterocycles. The van der Waals surface area contributed by atoms with Gasteiger partial charge in [-0.2, -0.15) is 8.42 Å². The van der Waals surface area contributed by atoms with Crippen LogP contribution in [0.4, 0.5) is 0 Å². The predicted molar refractivity (Wildman–Crippen MR) is 174 cm³/mol. The van der Waals surface area contributed by atoms with Crippen molar-refractivity contribution in [3.63, 3.8) is 0 Å². The molecule has 43 heavy (non-hydrogen) atoms. The van der Waals surface area contributed by atoms with E-state index in [0.29, 0.717) is 24.5 Å². The van der Waals surface area contributed by atoms with E-state index in [1.807, 2.05) is 92.7 Å². The quantitative estimate of drug-likeness (QED) is 0.170. The maximum Gasteiger partial charge on any atom is 0.265 e. The maximum absolute atomic E-state index is 12.1. The summed E-state index contributed by atoms with van der Waals surface area (Å²) in [4.78, 5) is 4.68. The number of rotatable bonds is 11. The van der Waals surface area contributed by atoms with E-state index in [0.717, 1.165) is 58.1 Å². The van der Waals surface area contributed by atoms with Crippen molar-refractivity contribution in [2.75, 3.05) is 12.4 Å². The van der Waals surface area contributed by atoms with Crippen molar-refractivity contribution in [3.8, 4) is 0 Å². The number of hydrogen-bond acceptors (Lipinski definition) is 5. The average Bonchev–Trinajstić information content (AvgIpc) is 2.98. The summed E-state index contributed by atoms with van der Waals surface area (Å²) in [5.74, 6) is -0.756. The van der Waals surface area contributed by atoms with E-state index >= 15 is 0 Å². The number of benzene rings is 3. The van der Waals surface area contributed by atoms with E-state index < -0.39 is 21.6 Å². The van der Waals surface area contributed by atoms with Crippen molar-refractivity contribution in [2.45, 2.75) is 63.8 Å². The van der Waals surface area contributed by atoms with E-state index in [1.54, 1.807) is 0 Å². The lowest BCUT2D eigenvalue weighted by molar-refractivity contribution is -0.219. The second kappa shape index (κ2) is 13.7. The van der Waals surface area contributed by atoms with Gasteiger partial charge in [0.1, 0.15) is 0 Å². The average molecular weight is 620 g/mol. The SMILES string of the molecule is CC(C)(OC1CCCCO1)c1ccccc1CC[C@H](CS(=O)(=O)O)c1cccc(/C=C/c2ccc3ccc(Cl)cc3n2)c1. The summed E-state index contributed by atoms with van der Waals surface area (Å²) in [6, 6.07) is 25.5. The third-order valence-electron chi connectivity index (χ3n) is 7.91. The molecule has 1 N–H and O–H groups in total. The molecule has 2 atom stereocenters.